The van der Waals surface area contributed by atoms with Crippen LogP contribution in [0.4, 0.5) is 10.5 Å². The summed E-state index contributed by atoms with van der Waals surface area (Å²) in [6, 6.07) is 5.05. The van der Waals surface area contributed by atoms with Gasteiger partial charge in [-0.05, 0) is 71.1 Å². The number of ether oxygens (including phenoxy) is 1. The average molecular weight is 480 g/mol. The van der Waals surface area contributed by atoms with E-state index in [0.717, 1.165) is 25.7 Å². The Hall–Kier alpha value is -2.13. The van der Waals surface area contributed by atoms with E-state index in [1.807, 2.05) is 20.8 Å². The number of piperidine rings is 1. The molecule has 0 spiro atoms. The van der Waals surface area contributed by atoms with Gasteiger partial charge in [0.1, 0.15) is 5.60 Å². The zero-order valence-electron chi connectivity index (χ0n) is 20.2. The summed E-state index contributed by atoms with van der Waals surface area (Å²) in [4.78, 5) is 27.0. The molecule has 2 aliphatic heterocycles. The smallest absolute Gasteiger partial charge is 0.410 e. The van der Waals surface area contributed by atoms with Gasteiger partial charge in [0.25, 0.3) is 0 Å². The first-order valence-electron chi connectivity index (χ1n) is 11.9. The van der Waals surface area contributed by atoms with Crippen molar-refractivity contribution in [3.8, 4) is 0 Å². The highest BCUT2D eigenvalue weighted by molar-refractivity contribution is 7.89. The van der Waals surface area contributed by atoms with Crippen molar-refractivity contribution in [2.75, 3.05) is 31.5 Å². The van der Waals surface area contributed by atoms with Crippen LogP contribution < -0.4 is 5.32 Å². The molecule has 3 rings (SSSR count). The van der Waals surface area contributed by atoms with Gasteiger partial charge in [-0.25, -0.2) is 13.2 Å². The summed E-state index contributed by atoms with van der Waals surface area (Å²) in [5, 5.41) is 2.89. The molecule has 2 saturated heterocycles. The fourth-order valence-corrected chi connectivity index (χ4v) is 6.04. The molecule has 0 atom stereocenters. The number of carbonyl (C=O) groups is 2. The van der Waals surface area contributed by atoms with Crippen LogP contribution in [0.5, 0.6) is 0 Å². The maximum atomic E-state index is 13.3. The van der Waals surface area contributed by atoms with E-state index in [4.69, 9.17) is 4.74 Å². The van der Waals surface area contributed by atoms with E-state index in [-0.39, 0.29) is 22.8 Å². The Bertz CT molecular complexity index is 955. The Labute approximate surface area is 197 Å². The Kier molecular flexibility index (Phi) is 8.05. The highest BCUT2D eigenvalue weighted by atomic mass is 32.2. The van der Waals surface area contributed by atoms with E-state index in [0.29, 0.717) is 50.3 Å². The van der Waals surface area contributed by atoms with E-state index in [1.54, 1.807) is 34.3 Å². The fourth-order valence-electron chi connectivity index (χ4n) is 4.27. The molecule has 0 saturated carbocycles. The SMILES string of the molecule is Cc1ccc(NC(=O)C2CCN(C(=O)OC(C)(C)C)CC2)cc1S(=O)(=O)N1CCCCCC1. The fraction of sp³-hybridized carbons (Fsp3) is 0.667. The first-order valence-corrected chi connectivity index (χ1v) is 13.3. The number of nitrogens with one attached hydrogen (secondary N) is 1. The predicted molar refractivity (Wildman–Crippen MR) is 128 cm³/mol. The minimum atomic E-state index is -3.61. The molecule has 1 aromatic carbocycles. The molecule has 2 amide bonds. The van der Waals surface area contributed by atoms with Crippen LogP contribution in [0, 0.1) is 12.8 Å². The molecule has 9 heteroatoms. The second kappa shape index (κ2) is 10.4. The van der Waals surface area contributed by atoms with Crippen molar-refractivity contribution in [3.05, 3.63) is 23.8 Å². The number of rotatable bonds is 4. The third-order valence-electron chi connectivity index (χ3n) is 6.16. The highest BCUT2D eigenvalue weighted by Gasteiger charge is 2.31. The van der Waals surface area contributed by atoms with Crippen LogP contribution in [-0.4, -0.2) is 61.4 Å². The van der Waals surface area contributed by atoms with Crippen molar-refractivity contribution >= 4 is 27.7 Å². The van der Waals surface area contributed by atoms with Crippen molar-refractivity contribution in [1.82, 2.24) is 9.21 Å². The average Bonchev–Trinajstić information content (AvgIpc) is 3.04. The Morgan fingerprint density at radius 1 is 1.00 bits per heavy atom. The van der Waals surface area contributed by atoms with Crippen molar-refractivity contribution in [1.29, 1.82) is 0 Å². The van der Waals surface area contributed by atoms with Gasteiger partial charge in [0.2, 0.25) is 15.9 Å². The molecule has 0 aliphatic carbocycles. The summed E-state index contributed by atoms with van der Waals surface area (Å²) in [7, 11) is -3.61. The van der Waals surface area contributed by atoms with Crippen LogP contribution in [-0.2, 0) is 19.6 Å². The van der Waals surface area contributed by atoms with E-state index >= 15 is 0 Å². The Balaban J connectivity index is 1.63. The number of benzene rings is 1. The molecule has 0 radical (unpaired) electrons. The van der Waals surface area contributed by atoms with Crippen molar-refractivity contribution in [2.45, 2.75) is 76.7 Å². The van der Waals surface area contributed by atoms with Gasteiger partial charge >= 0.3 is 6.09 Å². The van der Waals surface area contributed by atoms with Crippen LogP contribution in [0.3, 0.4) is 0 Å². The molecular weight excluding hydrogens is 442 g/mol. The first kappa shape index (κ1) is 25.5. The lowest BCUT2D eigenvalue weighted by Crippen LogP contribution is -2.43. The molecule has 184 valence electrons. The predicted octanol–water partition coefficient (Wildman–Crippen LogP) is 4.15. The van der Waals surface area contributed by atoms with Gasteiger partial charge in [0.05, 0.1) is 4.90 Å². The minimum absolute atomic E-state index is 0.152. The van der Waals surface area contributed by atoms with Gasteiger partial charge in [0.15, 0.2) is 0 Å². The maximum Gasteiger partial charge on any atom is 0.410 e. The Morgan fingerprint density at radius 3 is 2.18 bits per heavy atom. The maximum absolute atomic E-state index is 13.3. The Morgan fingerprint density at radius 2 is 1.61 bits per heavy atom. The normalized spacial score (nSPS) is 19.1. The summed E-state index contributed by atoms with van der Waals surface area (Å²) in [5.74, 6) is -0.392. The molecule has 33 heavy (non-hydrogen) atoms. The summed E-state index contributed by atoms with van der Waals surface area (Å²) in [6.45, 7) is 9.24. The molecular formula is C24H37N3O5S. The monoisotopic (exact) mass is 479 g/mol. The standard InChI is InChI=1S/C24H37N3O5S/c1-18-9-10-20(17-21(18)33(30,31)27-13-7-5-6-8-14-27)25-22(28)19-11-15-26(16-12-19)23(29)32-24(2,3)4/h9-10,17,19H,5-8,11-16H2,1-4H3,(H,25,28). The second-order valence-corrected chi connectivity index (χ2v) is 11.9. The number of likely N-dealkylation sites (tertiary alicyclic amines) is 1. The van der Waals surface area contributed by atoms with Crippen molar-refractivity contribution in [2.24, 2.45) is 5.92 Å². The van der Waals surface area contributed by atoms with Gasteiger partial charge in [-0.3, -0.25) is 4.79 Å². The summed E-state index contributed by atoms with van der Waals surface area (Å²) >= 11 is 0. The van der Waals surface area contributed by atoms with Gasteiger partial charge in [0, 0.05) is 37.8 Å². The lowest BCUT2D eigenvalue weighted by molar-refractivity contribution is -0.121. The summed E-state index contributed by atoms with van der Waals surface area (Å²) in [5.41, 5.74) is 0.596. The van der Waals surface area contributed by atoms with E-state index in [2.05, 4.69) is 5.32 Å². The quantitative estimate of drug-likeness (QED) is 0.700. The van der Waals surface area contributed by atoms with Crippen LogP contribution in [0.1, 0.15) is 64.9 Å². The molecule has 8 nitrogen and oxygen atoms in total. The molecule has 0 unspecified atom stereocenters. The van der Waals surface area contributed by atoms with Crippen LogP contribution in [0.2, 0.25) is 0 Å². The number of hydrogen-bond donors (Lipinski definition) is 1. The van der Waals surface area contributed by atoms with Crippen molar-refractivity contribution in [3.63, 3.8) is 0 Å². The molecule has 2 heterocycles. The molecule has 1 N–H and O–H groups in total. The molecule has 2 fully saturated rings. The van der Waals surface area contributed by atoms with Crippen LogP contribution in [0.15, 0.2) is 23.1 Å². The highest BCUT2D eigenvalue weighted by Crippen LogP contribution is 2.27. The lowest BCUT2D eigenvalue weighted by atomic mass is 9.96. The lowest BCUT2D eigenvalue weighted by Gasteiger charge is -2.33. The summed E-state index contributed by atoms with van der Waals surface area (Å²) in [6.07, 6.45) is 4.56. The van der Waals surface area contributed by atoms with E-state index in [9.17, 15) is 18.0 Å². The third kappa shape index (κ3) is 6.69. The van der Waals surface area contributed by atoms with Gasteiger partial charge in [-0.15, -0.1) is 0 Å². The number of sulfonamides is 1. The van der Waals surface area contributed by atoms with Crippen LogP contribution >= 0.6 is 0 Å². The largest absolute Gasteiger partial charge is 0.444 e. The molecule has 1 aromatic rings. The second-order valence-electron chi connectivity index (χ2n) is 10.0. The summed E-state index contributed by atoms with van der Waals surface area (Å²) < 4.78 is 33.5. The first-order chi connectivity index (χ1) is 15.5. The van der Waals surface area contributed by atoms with Crippen molar-refractivity contribution < 1.29 is 22.7 Å². The molecule has 0 bridgehead atoms. The number of nitrogens with zero attached hydrogens (tertiary/aromatic N) is 2. The molecule has 2 aliphatic rings. The van der Waals surface area contributed by atoms with E-state index < -0.39 is 15.6 Å². The third-order valence-corrected chi connectivity index (χ3v) is 8.20. The van der Waals surface area contributed by atoms with Crippen LogP contribution in [0.25, 0.3) is 0 Å². The van der Waals surface area contributed by atoms with E-state index in [1.165, 1.54) is 0 Å². The number of amides is 2. The number of carbonyl (C=O) groups excluding carboxylic acids is 2. The number of hydrogen-bond acceptors (Lipinski definition) is 5. The van der Waals surface area contributed by atoms with Gasteiger partial charge in [-0.1, -0.05) is 18.9 Å². The minimum Gasteiger partial charge on any atom is -0.444 e. The van der Waals surface area contributed by atoms with Gasteiger partial charge < -0.3 is 15.0 Å². The van der Waals surface area contributed by atoms with Gasteiger partial charge in [-0.2, -0.15) is 4.31 Å². The number of aryl methyl sites for hydroxylation is 1. The zero-order valence-corrected chi connectivity index (χ0v) is 21.0. The topological polar surface area (TPSA) is 96.0 Å². The number of anilines is 1. The zero-order chi connectivity index (χ0) is 24.2. The molecule has 0 aromatic heterocycles.